The van der Waals surface area contributed by atoms with Gasteiger partial charge in [-0.15, -0.1) is 0 Å². The maximum atomic E-state index is 14.6. The third kappa shape index (κ3) is 27.1. The van der Waals surface area contributed by atoms with Crippen LogP contribution in [0.15, 0.2) is 60.7 Å². The molecule has 2 aliphatic rings. The lowest BCUT2D eigenvalue weighted by atomic mass is 9.94. The number of rotatable bonds is 39. The molecule has 0 radical (unpaired) electrons. The third-order valence-corrected chi connectivity index (χ3v) is 19.4. The maximum absolute atomic E-state index is 14.6. The number of nitrogens with two attached hydrogens (primary N) is 1. The Morgan fingerprint density at radius 2 is 0.911 bits per heavy atom. The van der Waals surface area contributed by atoms with Gasteiger partial charge in [-0.25, -0.2) is 0 Å². The normalized spacial score (nSPS) is 18.0. The first-order chi connectivity index (χ1) is 51.6. The van der Waals surface area contributed by atoms with E-state index in [0.29, 0.717) is 0 Å². The van der Waals surface area contributed by atoms with Crippen LogP contribution in [0.4, 0.5) is 0 Å². The molecule has 10 unspecified atom stereocenters. The molecule has 2 aromatic carbocycles. The first kappa shape index (κ1) is 94.2. The lowest BCUT2D eigenvalue weighted by Crippen LogP contribution is -2.67. The van der Waals surface area contributed by atoms with Crippen molar-refractivity contribution in [2.45, 2.75) is 276 Å². The lowest BCUT2D eigenvalue weighted by molar-refractivity contribution is -0.147. The number of benzene rings is 2. The molecule has 35 heteroatoms. The molecule has 0 bridgehead atoms. The predicted molar refractivity (Wildman–Crippen MR) is 411 cm³/mol. The number of nitrogens with one attached hydrogen (secondary N) is 13. The first-order valence-corrected chi connectivity index (χ1v) is 37.6. The molecule has 0 aliphatic carbocycles. The summed E-state index contributed by atoms with van der Waals surface area (Å²) < 4.78 is 0. The van der Waals surface area contributed by atoms with Gasteiger partial charge in [-0.05, 0) is 139 Å². The minimum atomic E-state index is -1.90. The van der Waals surface area contributed by atoms with Crippen LogP contribution in [0.5, 0.6) is 0 Å². The van der Waals surface area contributed by atoms with E-state index >= 15 is 0 Å². The summed E-state index contributed by atoms with van der Waals surface area (Å²) >= 11 is 0. The number of carbonyl (C=O) groups is 16. The van der Waals surface area contributed by atoms with Crippen LogP contribution < -0.4 is 74.9 Å². The van der Waals surface area contributed by atoms with Crippen LogP contribution in [0.2, 0.25) is 0 Å². The summed E-state index contributed by atoms with van der Waals surface area (Å²) in [5.74, 6) is -14.0. The highest BCUT2D eigenvalue weighted by molar-refractivity contribution is 6.03. The Bertz CT molecular complexity index is 3770. The molecule has 2 saturated heterocycles. The monoisotopic (exact) mass is 1570 g/mol. The first-order valence-electron chi connectivity index (χ1n) is 37.6. The Balaban J connectivity index is 1.39. The van der Waals surface area contributed by atoms with E-state index in [1.165, 1.54) is 96.9 Å². The van der Waals surface area contributed by atoms with E-state index in [9.17, 15) is 92.0 Å². The highest BCUT2D eigenvalue weighted by atomic mass is 16.3. The van der Waals surface area contributed by atoms with Crippen molar-refractivity contribution in [2.24, 2.45) is 17.6 Å². The van der Waals surface area contributed by atoms with Gasteiger partial charge in [0.15, 0.2) is 0 Å². The standard InChI is InChI=1S/C77H120N16O19/c1-20-77(19,70(112)93-40-49(97)37-54(93)62(104)87-71(7,8)64(106)81-47(41-94)34-45-27-23-21-24-28-45)88-58(100)50(31-32-55(78)98)83-61(103)53-36-48(96)39-92(53)69(111)76(17,18)91-67(109)74(13,14)85-59(101)51(33-42(2)3)82-56(99)38-79-63(105)57(43(4)5)84-65(107)72(9,10)89-68(110)75(15,16)90-66(108)73(11,12)86-60(102)52(80-44(6)95)35-46-29-25-22-26-30-46/h21-30,42-43,47-54,57,94,96-97H,20,31-41H2,1-19H3,(H2,78,98)(H,79,105)(H,80,95)(H,81,106)(H,82,99)(H,83,103)(H,84,107)(H,85,101)(H,86,102)(H,87,104)(H,88,100)(H,89,110)(H,90,108)(H,91,109). The number of β-amino-alcohol motifs (C(OH)–C–C–N with tert-alkyl or cyclic N) is 2. The zero-order valence-electron chi connectivity index (χ0n) is 68.0. The molecule has 2 heterocycles. The molecule has 0 aromatic heterocycles. The van der Waals surface area contributed by atoms with Crippen molar-refractivity contribution in [1.82, 2.24) is 78.9 Å². The van der Waals surface area contributed by atoms with Crippen LogP contribution in [0.3, 0.4) is 0 Å². The van der Waals surface area contributed by atoms with Crippen LogP contribution in [0.1, 0.15) is 181 Å². The van der Waals surface area contributed by atoms with Gasteiger partial charge in [-0.1, -0.05) is 95.3 Å². The van der Waals surface area contributed by atoms with E-state index < -0.39 is 226 Å². The Labute approximate surface area is 654 Å². The molecular formula is C77H120N16O19. The summed E-state index contributed by atoms with van der Waals surface area (Å²) in [6.07, 6.45) is -3.74. The van der Waals surface area contributed by atoms with E-state index in [1.807, 2.05) is 18.2 Å². The molecule has 0 saturated carbocycles. The second-order valence-electron chi connectivity index (χ2n) is 33.2. The molecule has 4 rings (SSSR count). The van der Waals surface area contributed by atoms with Crippen LogP contribution in [0, 0.1) is 11.8 Å². The molecule has 35 nitrogen and oxygen atoms in total. The fourth-order valence-electron chi connectivity index (χ4n) is 12.4. The van der Waals surface area contributed by atoms with Crippen LogP contribution in [0.25, 0.3) is 0 Å². The smallest absolute Gasteiger partial charge is 0.248 e. The van der Waals surface area contributed by atoms with Gasteiger partial charge in [0.25, 0.3) is 0 Å². The van der Waals surface area contributed by atoms with Crippen molar-refractivity contribution in [2.75, 3.05) is 26.2 Å². The van der Waals surface area contributed by atoms with Gasteiger partial charge in [-0.2, -0.15) is 0 Å². The Morgan fingerprint density at radius 1 is 0.482 bits per heavy atom. The summed E-state index contributed by atoms with van der Waals surface area (Å²) in [6, 6.07) is 9.12. The molecule has 16 amide bonds. The molecular weight excluding hydrogens is 1450 g/mol. The van der Waals surface area contributed by atoms with Crippen molar-refractivity contribution in [1.29, 1.82) is 0 Å². The molecule has 2 aliphatic heterocycles. The summed E-state index contributed by atoms with van der Waals surface area (Å²) in [5.41, 5.74) is -5.18. The van der Waals surface area contributed by atoms with E-state index in [-0.39, 0.29) is 51.0 Å². The highest BCUT2D eigenvalue weighted by Crippen LogP contribution is 2.28. The Hall–Kier alpha value is -10.2. The molecule has 2 fully saturated rings. The number of nitrogens with zero attached hydrogens (tertiary/aromatic N) is 2. The van der Waals surface area contributed by atoms with Gasteiger partial charge in [0.1, 0.15) is 75.0 Å². The fraction of sp³-hybridized carbons (Fsp3) is 0.636. The van der Waals surface area contributed by atoms with Crippen LogP contribution in [-0.2, 0) is 89.6 Å². The number of carbonyl (C=O) groups excluding carboxylic acids is 16. The minimum Gasteiger partial charge on any atom is -0.394 e. The van der Waals surface area contributed by atoms with Gasteiger partial charge in [-0.3, -0.25) is 76.7 Å². The number of primary amides is 1. The van der Waals surface area contributed by atoms with E-state index in [4.69, 9.17) is 5.73 Å². The molecule has 10 atom stereocenters. The van der Waals surface area contributed by atoms with Gasteiger partial charge >= 0.3 is 0 Å². The zero-order chi connectivity index (χ0) is 85.1. The van der Waals surface area contributed by atoms with E-state index in [0.717, 1.165) is 20.9 Å². The molecule has 18 N–H and O–H groups in total. The number of aliphatic hydroxyl groups is 3. The summed E-state index contributed by atoms with van der Waals surface area (Å²) in [5, 5.41) is 65.8. The van der Waals surface area contributed by atoms with Gasteiger partial charge < -0.3 is 100.0 Å². The summed E-state index contributed by atoms with van der Waals surface area (Å²) in [4.78, 5) is 223. The van der Waals surface area contributed by atoms with E-state index in [1.54, 1.807) is 77.1 Å². The Kier molecular flexibility index (Phi) is 33.1. The minimum absolute atomic E-state index is 0.0162. The summed E-state index contributed by atoms with van der Waals surface area (Å²) in [7, 11) is 0. The molecule has 622 valence electrons. The maximum Gasteiger partial charge on any atom is 0.248 e. The van der Waals surface area contributed by atoms with Gasteiger partial charge in [0.2, 0.25) is 94.5 Å². The molecule has 2 aromatic rings. The highest BCUT2D eigenvalue weighted by Gasteiger charge is 2.51. The van der Waals surface area contributed by atoms with Crippen molar-refractivity contribution < 1.29 is 92.0 Å². The number of aliphatic hydroxyl groups excluding tert-OH is 3. The predicted octanol–water partition coefficient (Wildman–Crippen LogP) is -2.43. The van der Waals surface area contributed by atoms with Crippen molar-refractivity contribution in [3.63, 3.8) is 0 Å². The second-order valence-corrected chi connectivity index (χ2v) is 33.2. The van der Waals surface area contributed by atoms with Crippen LogP contribution in [-0.4, -0.2) is 239 Å². The van der Waals surface area contributed by atoms with Crippen molar-refractivity contribution >= 4 is 94.5 Å². The second kappa shape index (κ2) is 39.3. The number of amides is 16. The fourth-order valence-corrected chi connectivity index (χ4v) is 12.4. The largest absolute Gasteiger partial charge is 0.394 e. The average molecular weight is 1570 g/mol. The Morgan fingerprint density at radius 3 is 1.38 bits per heavy atom. The van der Waals surface area contributed by atoms with Gasteiger partial charge in [0, 0.05) is 45.7 Å². The SMILES string of the molecule is CCC(C)(NC(=O)C(CCC(N)=O)NC(=O)C1CC(O)CN1C(=O)C(C)(C)NC(=O)C(C)(C)NC(=O)C(CC(C)C)NC(=O)CNC(=O)C(NC(=O)C(C)(C)NC(=O)C(C)(C)NC(=O)C(C)(C)NC(=O)C(Cc1ccccc1)NC(C)=O)C(C)C)C(=O)N1CC(O)CC1C(=O)NC(C)(C)C(=O)NC(CO)Cc1ccccc1. The van der Waals surface area contributed by atoms with E-state index in [2.05, 4.69) is 69.1 Å². The zero-order valence-corrected chi connectivity index (χ0v) is 68.0. The van der Waals surface area contributed by atoms with Crippen molar-refractivity contribution in [3.8, 4) is 0 Å². The van der Waals surface area contributed by atoms with Crippen LogP contribution >= 0.6 is 0 Å². The average Bonchev–Trinajstić information content (AvgIpc) is 1.60. The summed E-state index contributed by atoms with van der Waals surface area (Å²) in [6.45, 7) is 25.3. The lowest BCUT2D eigenvalue weighted by Gasteiger charge is -2.37. The van der Waals surface area contributed by atoms with Crippen molar-refractivity contribution in [3.05, 3.63) is 71.8 Å². The number of hydrogen-bond donors (Lipinski definition) is 17. The number of hydrogen-bond acceptors (Lipinski definition) is 19. The number of likely N-dealkylation sites (tertiary alicyclic amines) is 2. The third-order valence-electron chi connectivity index (χ3n) is 19.4. The topological polar surface area (TPSA) is 523 Å². The van der Waals surface area contributed by atoms with Gasteiger partial charge in [0.05, 0.1) is 31.4 Å². The molecule has 112 heavy (non-hydrogen) atoms. The quantitative estimate of drug-likeness (QED) is 0.0331. The molecule has 0 spiro atoms.